The van der Waals surface area contributed by atoms with Gasteiger partial charge in [-0.2, -0.15) is 0 Å². The van der Waals surface area contributed by atoms with Crippen molar-refractivity contribution < 1.29 is 19.1 Å². The maximum atomic E-state index is 12.0. The zero-order valence-electron chi connectivity index (χ0n) is 13.0. The van der Waals surface area contributed by atoms with E-state index in [0.29, 0.717) is 30.8 Å². The van der Waals surface area contributed by atoms with E-state index in [1.807, 2.05) is 20.8 Å². The fourth-order valence-electron chi connectivity index (χ4n) is 2.56. The second-order valence-corrected chi connectivity index (χ2v) is 5.89. The number of esters is 1. The summed E-state index contributed by atoms with van der Waals surface area (Å²) < 4.78 is 10.2. The van der Waals surface area contributed by atoms with Gasteiger partial charge in [0.15, 0.2) is 0 Å². The van der Waals surface area contributed by atoms with Gasteiger partial charge in [0.25, 0.3) is 0 Å². The van der Waals surface area contributed by atoms with Crippen LogP contribution >= 0.6 is 0 Å². The largest absolute Gasteiger partial charge is 0.467 e. The second kappa shape index (κ2) is 8.25. The standard InChI is InChI=1S/C15H27NO4/c1-5-20-12-7-11(8-12)9-14(17)16-13(6-10(2)3)15(18)19-4/h10-13H,5-9H2,1-4H3,(H,16,17). The SMILES string of the molecule is CCOC1CC(CC(=O)NC(CC(C)C)C(=O)OC)C1. The molecule has 1 rings (SSSR count). The van der Waals surface area contributed by atoms with Crippen LogP contribution in [0.15, 0.2) is 0 Å². The molecule has 0 spiro atoms. The van der Waals surface area contributed by atoms with Crippen LogP contribution in [0.1, 0.15) is 46.5 Å². The summed E-state index contributed by atoms with van der Waals surface area (Å²) in [5.41, 5.74) is 0. The number of ether oxygens (including phenoxy) is 2. The molecule has 1 aliphatic carbocycles. The maximum absolute atomic E-state index is 12.0. The first-order valence-electron chi connectivity index (χ1n) is 7.45. The Balaban J connectivity index is 2.33. The van der Waals surface area contributed by atoms with Crippen molar-refractivity contribution in [3.05, 3.63) is 0 Å². The van der Waals surface area contributed by atoms with Gasteiger partial charge in [-0.3, -0.25) is 4.79 Å². The van der Waals surface area contributed by atoms with Crippen LogP contribution in [-0.4, -0.2) is 37.7 Å². The van der Waals surface area contributed by atoms with Gasteiger partial charge in [0.2, 0.25) is 5.91 Å². The topological polar surface area (TPSA) is 64.6 Å². The Kier molecular flexibility index (Phi) is 6.99. The van der Waals surface area contributed by atoms with Crippen LogP contribution in [-0.2, 0) is 19.1 Å². The number of hydrogen-bond donors (Lipinski definition) is 1. The smallest absolute Gasteiger partial charge is 0.328 e. The summed E-state index contributed by atoms with van der Waals surface area (Å²) >= 11 is 0. The number of amides is 1. The minimum atomic E-state index is -0.532. The van der Waals surface area contributed by atoms with E-state index in [0.717, 1.165) is 19.4 Å². The van der Waals surface area contributed by atoms with Gasteiger partial charge in [-0.25, -0.2) is 4.79 Å². The van der Waals surface area contributed by atoms with Gasteiger partial charge in [0.05, 0.1) is 13.2 Å². The molecule has 1 fully saturated rings. The Morgan fingerprint density at radius 3 is 2.45 bits per heavy atom. The molecule has 1 amide bonds. The van der Waals surface area contributed by atoms with E-state index in [-0.39, 0.29) is 11.9 Å². The Hall–Kier alpha value is -1.10. The van der Waals surface area contributed by atoms with Gasteiger partial charge in [0.1, 0.15) is 6.04 Å². The van der Waals surface area contributed by atoms with Crippen LogP contribution in [0.3, 0.4) is 0 Å². The molecule has 1 unspecified atom stereocenters. The zero-order chi connectivity index (χ0) is 15.1. The van der Waals surface area contributed by atoms with Gasteiger partial charge in [0, 0.05) is 13.0 Å². The summed E-state index contributed by atoms with van der Waals surface area (Å²) in [4.78, 5) is 23.6. The number of rotatable bonds is 8. The van der Waals surface area contributed by atoms with Gasteiger partial charge in [-0.15, -0.1) is 0 Å². The molecular weight excluding hydrogens is 258 g/mol. The van der Waals surface area contributed by atoms with Crippen molar-refractivity contribution in [2.24, 2.45) is 11.8 Å². The molecule has 1 saturated carbocycles. The van der Waals surface area contributed by atoms with Crippen molar-refractivity contribution >= 4 is 11.9 Å². The number of carbonyl (C=O) groups is 2. The third-order valence-corrected chi connectivity index (χ3v) is 3.60. The van der Waals surface area contributed by atoms with Crippen molar-refractivity contribution in [1.29, 1.82) is 0 Å². The first-order valence-corrected chi connectivity index (χ1v) is 7.45. The molecule has 0 aromatic heterocycles. The molecule has 1 atom stereocenters. The van der Waals surface area contributed by atoms with Crippen LogP contribution in [0.4, 0.5) is 0 Å². The highest BCUT2D eigenvalue weighted by Gasteiger charge is 2.32. The van der Waals surface area contributed by atoms with E-state index in [1.165, 1.54) is 7.11 Å². The summed E-state index contributed by atoms with van der Waals surface area (Å²) in [7, 11) is 1.35. The van der Waals surface area contributed by atoms with E-state index < -0.39 is 6.04 Å². The summed E-state index contributed by atoms with van der Waals surface area (Å²) in [5, 5.41) is 2.79. The number of methoxy groups -OCH3 is 1. The third kappa shape index (κ3) is 5.49. The molecule has 0 heterocycles. The van der Waals surface area contributed by atoms with Crippen LogP contribution in [0.25, 0.3) is 0 Å². The number of nitrogens with one attached hydrogen (secondary N) is 1. The molecule has 0 aromatic rings. The fraction of sp³-hybridized carbons (Fsp3) is 0.867. The molecule has 0 aromatic carbocycles. The number of carbonyl (C=O) groups excluding carboxylic acids is 2. The highest BCUT2D eigenvalue weighted by molar-refractivity contribution is 5.84. The molecule has 0 bridgehead atoms. The Morgan fingerprint density at radius 2 is 1.95 bits per heavy atom. The highest BCUT2D eigenvalue weighted by Crippen LogP contribution is 2.32. The lowest BCUT2D eigenvalue weighted by Crippen LogP contribution is -2.44. The Morgan fingerprint density at radius 1 is 1.30 bits per heavy atom. The first-order chi connectivity index (χ1) is 9.46. The second-order valence-electron chi connectivity index (χ2n) is 5.89. The van der Waals surface area contributed by atoms with Crippen LogP contribution in [0.2, 0.25) is 0 Å². The molecule has 0 radical (unpaired) electrons. The van der Waals surface area contributed by atoms with E-state index >= 15 is 0 Å². The normalized spacial score (nSPS) is 23.1. The molecule has 1 N–H and O–H groups in total. The summed E-state index contributed by atoms with van der Waals surface area (Å²) in [6.07, 6.45) is 3.26. The van der Waals surface area contributed by atoms with E-state index in [4.69, 9.17) is 9.47 Å². The third-order valence-electron chi connectivity index (χ3n) is 3.60. The monoisotopic (exact) mass is 285 g/mol. The van der Waals surface area contributed by atoms with E-state index in [2.05, 4.69) is 5.32 Å². The molecule has 5 nitrogen and oxygen atoms in total. The summed E-state index contributed by atoms with van der Waals surface area (Å²) in [6.45, 7) is 6.73. The molecule has 1 aliphatic rings. The van der Waals surface area contributed by atoms with Crippen LogP contribution < -0.4 is 5.32 Å². The predicted molar refractivity (Wildman–Crippen MR) is 76.2 cm³/mol. The Bertz CT molecular complexity index is 324. The van der Waals surface area contributed by atoms with Crippen LogP contribution in [0.5, 0.6) is 0 Å². The lowest BCUT2D eigenvalue weighted by atomic mass is 9.80. The van der Waals surface area contributed by atoms with Crippen molar-refractivity contribution in [3.63, 3.8) is 0 Å². The average Bonchev–Trinajstić information content (AvgIpc) is 2.34. The maximum Gasteiger partial charge on any atom is 0.328 e. The van der Waals surface area contributed by atoms with Crippen molar-refractivity contribution in [1.82, 2.24) is 5.32 Å². The van der Waals surface area contributed by atoms with Gasteiger partial charge in [-0.1, -0.05) is 13.8 Å². The van der Waals surface area contributed by atoms with Gasteiger partial charge >= 0.3 is 5.97 Å². The predicted octanol–water partition coefficient (Wildman–Crippen LogP) is 1.90. The molecule has 20 heavy (non-hydrogen) atoms. The van der Waals surface area contributed by atoms with Crippen molar-refractivity contribution in [2.45, 2.75) is 58.6 Å². The first kappa shape index (κ1) is 17.0. The summed E-state index contributed by atoms with van der Waals surface area (Å²) in [5.74, 6) is 0.267. The molecule has 5 heteroatoms. The van der Waals surface area contributed by atoms with Crippen molar-refractivity contribution in [3.8, 4) is 0 Å². The van der Waals surface area contributed by atoms with Crippen molar-refractivity contribution in [2.75, 3.05) is 13.7 Å². The zero-order valence-corrected chi connectivity index (χ0v) is 13.0. The van der Waals surface area contributed by atoms with E-state index in [1.54, 1.807) is 0 Å². The lowest BCUT2D eigenvalue weighted by Gasteiger charge is -2.34. The molecule has 116 valence electrons. The van der Waals surface area contributed by atoms with Gasteiger partial charge in [-0.05, 0) is 38.0 Å². The average molecular weight is 285 g/mol. The van der Waals surface area contributed by atoms with Crippen LogP contribution in [0, 0.1) is 11.8 Å². The minimum Gasteiger partial charge on any atom is -0.467 e. The fourth-order valence-corrected chi connectivity index (χ4v) is 2.56. The van der Waals surface area contributed by atoms with E-state index in [9.17, 15) is 9.59 Å². The quantitative estimate of drug-likeness (QED) is 0.692. The Labute approximate surface area is 121 Å². The lowest BCUT2D eigenvalue weighted by molar-refractivity contribution is -0.146. The molecule has 0 aliphatic heterocycles. The highest BCUT2D eigenvalue weighted by atomic mass is 16.5. The van der Waals surface area contributed by atoms with Gasteiger partial charge < -0.3 is 14.8 Å². The minimum absolute atomic E-state index is 0.0685. The molecular formula is C15H27NO4. The summed E-state index contributed by atoms with van der Waals surface area (Å²) in [6, 6.07) is -0.532. The molecule has 0 saturated heterocycles. The number of hydrogen-bond acceptors (Lipinski definition) is 4.